The van der Waals surface area contributed by atoms with E-state index >= 15 is 0 Å². The average molecular weight is 257 g/mol. The second-order valence-corrected chi connectivity index (χ2v) is 4.69. The molecule has 0 saturated heterocycles. The minimum atomic E-state index is 0.339. The van der Waals surface area contributed by atoms with E-state index in [0.717, 1.165) is 17.8 Å². The van der Waals surface area contributed by atoms with E-state index in [9.17, 15) is 0 Å². The topological polar surface area (TPSA) is 51.0 Å². The van der Waals surface area contributed by atoms with E-state index in [2.05, 4.69) is 41.4 Å². The van der Waals surface area contributed by atoms with Crippen LogP contribution in [0.15, 0.2) is 28.8 Å². The van der Waals surface area contributed by atoms with Crippen LogP contribution in [0, 0.1) is 6.92 Å². The summed E-state index contributed by atoms with van der Waals surface area (Å²) in [5.74, 6) is 1.27. The molecule has 0 radical (unpaired) electrons. The van der Waals surface area contributed by atoms with Gasteiger partial charge in [-0.3, -0.25) is 0 Å². The Morgan fingerprint density at radius 1 is 1.37 bits per heavy atom. The summed E-state index contributed by atoms with van der Waals surface area (Å²) in [4.78, 5) is 4.33. The van der Waals surface area contributed by atoms with E-state index in [1.54, 1.807) is 0 Å². The third kappa shape index (κ3) is 4.03. The predicted octanol–water partition coefficient (Wildman–Crippen LogP) is 2.70. The fourth-order valence-corrected chi connectivity index (χ4v) is 1.74. The third-order valence-electron chi connectivity index (χ3n) is 2.93. The highest BCUT2D eigenvalue weighted by molar-refractivity contribution is 5.66. The summed E-state index contributed by atoms with van der Waals surface area (Å²) in [5, 5.41) is 7.10. The lowest BCUT2D eigenvalue weighted by molar-refractivity contribution is 0.400. The van der Waals surface area contributed by atoms with Gasteiger partial charge in [0.2, 0.25) is 0 Å². The monoisotopic (exact) mass is 257 g/mol. The molecule has 1 N–H and O–H groups in total. The molecule has 1 aromatic heterocycles. The quantitative estimate of drug-likeness (QED) is 0.894. The van der Waals surface area contributed by atoms with Gasteiger partial charge in [-0.25, -0.2) is 0 Å². The maximum Gasteiger partial charge on any atom is 0.250 e. The smallest absolute Gasteiger partial charge is 0.250 e. The molecule has 4 heteroatoms. The molecule has 1 unspecified atom stereocenters. The Morgan fingerprint density at radius 3 is 2.95 bits per heavy atom. The van der Waals surface area contributed by atoms with Crippen molar-refractivity contribution in [3.63, 3.8) is 0 Å². The Labute approximate surface area is 113 Å². The number of rotatable bonds is 5. The molecule has 1 atom stereocenters. The minimum Gasteiger partial charge on any atom is -0.335 e. The average Bonchev–Trinajstić information content (AvgIpc) is 2.84. The predicted molar refractivity (Wildman–Crippen MR) is 76.6 cm³/mol. The number of benzene rings is 1. The zero-order valence-electron chi connectivity index (χ0n) is 11.6. The summed E-state index contributed by atoms with van der Waals surface area (Å²) in [6.07, 6.45) is 4.58. The summed E-state index contributed by atoms with van der Waals surface area (Å²) in [5.41, 5.74) is 2.36. The molecule has 1 aromatic carbocycles. The van der Waals surface area contributed by atoms with E-state index in [-0.39, 0.29) is 0 Å². The van der Waals surface area contributed by atoms with Gasteiger partial charge in [-0.15, -0.1) is 0 Å². The molecule has 2 aromatic rings. The first-order chi connectivity index (χ1) is 9.17. The van der Waals surface area contributed by atoms with Crippen molar-refractivity contribution in [1.82, 2.24) is 15.5 Å². The van der Waals surface area contributed by atoms with Crippen molar-refractivity contribution < 1.29 is 4.52 Å². The third-order valence-corrected chi connectivity index (χ3v) is 2.93. The van der Waals surface area contributed by atoms with Crippen LogP contribution in [0.3, 0.4) is 0 Å². The van der Waals surface area contributed by atoms with Gasteiger partial charge in [0.05, 0.1) is 0 Å². The largest absolute Gasteiger partial charge is 0.335 e. The molecule has 100 valence electrons. The molecule has 2 rings (SSSR count). The SMILES string of the molecule is CNC(C)Cc1noc(/C=C/c2cccc(C)c2)n1. The number of hydrogen-bond acceptors (Lipinski definition) is 4. The van der Waals surface area contributed by atoms with Gasteiger partial charge in [0.15, 0.2) is 5.82 Å². The summed E-state index contributed by atoms with van der Waals surface area (Å²) in [7, 11) is 1.92. The molecule has 0 bridgehead atoms. The second kappa shape index (κ2) is 6.29. The van der Waals surface area contributed by atoms with Gasteiger partial charge in [0.1, 0.15) is 0 Å². The van der Waals surface area contributed by atoms with Crippen LogP contribution in [0.5, 0.6) is 0 Å². The molecule has 0 aliphatic rings. The first kappa shape index (κ1) is 13.5. The van der Waals surface area contributed by atoms with Crippen molar-refractivity contribution in [2.24, 2.45) is 0 Å². The zero-order valence-corrected chi connectivity index (χ0v) is 11.6. The Kier molecular flexibility index (Phi) is 4.47. The number of hydrogen-bond donors (Lipinski definition) is 1. The highest BCUT2D eigenvalue weighted by Crippen LogP contribution is 2.09. The minimum absolute atomic E-state index is 0.339. The molecule has 0 spiro atoms. The van der Waals surface area contributed by atoms with Crippen LogP contribution in [0.25, 0.3) is 12.2 Å². The summed E-state index contributed by atoms with van der Waals surface area (Å²) in [6, 6.07) is 8.59. The lowest BCUT2D eigenvalue weighted by Crippen LogP contribution is -2.24. The highest BCUT2D eigenvalue weighted by Gasteiger charge is 2.07. The molecule has 19 heavy (non-hydrogen) atoms. The van der Waals surface area contributed by atoms with Crippen LogP contribution >= 0.6 is 0 Å². The molecule has 0 saturated carbocycles. The van der Waals surface area contributed by atoms with E-state index in [1.807, 2.05) is 31.3 Å². The van der Waals surface area contributed by atoms with Crippen molar-refractivity contribution in [2.75, 3.05) is 7.05 Å². The van der Waals surface area contributed by atoms with Crippen LogP contribution in [0.4, 0.5) is 0 Å². The van der Waals surface area contributed by atoms with E-state index in [1.165, 1.54) is 5.56 Å². The normalized spacial score (nSPS) is 13.0. The summed E-state index contributed by atoms with van der Waals surface area (Å²) in [6.45, 7) is 4.15. The van der Waals surface area contributed by atoms with Crippen molar-refractivity contribution in [3.8, 4) is 0 Å². The molecular weight excluding hydrogens is 238 g/mol. The standard InChI is InChI=1S/C15H19N3O/c1-11-5-4-6-13(9-11)7-8-15-17-14(18-19-15)10-12(2)16-3/h4-9,12,16H,10H2,1-3H3/b8-7+. The number of likely N-dealkylation sites (N-methyl/N-ethyl adjacent to an activating group) is 1. The second-order valence-electron chi connectivity index (χ2n) is 4.69. The lowest BCUT2D eigenvalue weighted by Gasteiger charge is -2.04. The Balaban J connectivity index is 2.03. The van der Waals surface area contributed by atoms with Crippen molar-refractivity contribution in [2.45, 2.75) is 26.3 Å². The van der Waals surface area contributed by atoms with Gasteiger partial charge < -0.3 is 9.84 Å². The fourth-order valence-electron chi connectivity index (χ4n) is 1.74. The lowest BCUT2D eigenvalue weighted by atomic mass is 10.1. The number of aryl methyl sites for hydroxylation is 1. The van der Waals surface area contributed by atoms with Crippen LogP contribution in [0.2, 0.25) is 0 Å². The van der Waals surface area contributed by atoms with Gasteiger partial charge in [-0.1, -0.05) is 35.0 Å². The van der Waals surface area contributed by atoms with Gasteiger partial charge in [0, 0.05) is 18.5 Å². The zero-order chi connectivity index (χ0) is 13.7. The van der Waals surface area contributed by atoms with Gasteiger partial charge in [-0.2, -0.15) is 4.98 Å². The number of aromatic nitrogens is 2. The van der Waals surface area contributed by atoms with Crippen molar-refractivity contribution >= 4 is 12.2 Å². The van der Waals surface area contributed by atoms with Crippen molar-refractivity contribution in [1.29, 1.82) is 0 Å². The Morgan fingerprint density at radius 2 is 2.21 bits per heavy atom. The van der Waals surface area contributed by atoms with Gasteiger partial charge in [0.25, 0.3) is 5.89 Å². The maximum atomic E-state index is 5.19. The first-order valence-electron chi connectivity index (χ1n) is 6.42. The van der Waals surface area contributed by atoms with Crippen molar-refractivity contribution in [3.05, 3.63) is 47.1 Å². The number of nitrogens with zero attached hydrogens (tertiary/aromatic N) is 2. The molecule has 0 aliphatic carbocycles. The molecule has 0 aliphatic heterocycles. The molecule has 1 heterocycles. The Bertz CT molecular complexity index is 560. The van der Waals surface area contributed by atoms with E-state index in [4.69, 9.17) is 4.52 Å². The molecular formula is C15H19N3O. The maximum absolute atomic E-state index is 5.19. The molecule has 4 nitrogen and oxygen atoms in total. The summed E-state index contributed by atoms with van der Waals surface area (Å²) < 4.78 is 5.19. The van der Waals surface area contributed by atoms with Gasteiger partial charge in [-0.05, 0) is 32.5 Å². The van der Waals surface area contributed by atoms with Crippen LogP contribution in [0.1, 0.15) is 29.8 Å². The molecule has 0 amide bonds. The van der Waals surface area contributed by atoms with E-state index < -0.39 is 0 Å². The van der Waals surface area contributed by atoms with Crippen LogP contribution in [-0.4, -0.2) is 23.2 Å². The van der Waals surface area contributed by atoms with Gasteiger partial charge >= 0.3 is 0 Å². The fraction of sp³-hybridized carbons (Fsp3) is 0.333. The molecule has 0 fully saturated rings. The highest BCUT2D eigenvalue weighted by atomic mass is 16.5. The number of nitrogens with one attached hydrogen (secondary N) is 1. The van der Waals surface area contributed by atoms with E-state index in [0.29, 0.717) is 11.9 Å². The summed E-state index contributed by atoms with van der Waals surface area (Å²) >= 11 is 0. The van der Waals surface area contributed by atoms with Crippen LogP contribution < -0.4 is 5.32 Å². The Hall–Kier alpha value is -1.94. The first-order valence-corrected chi connectivity index (χ1v) is 6.42. The van der Waals surface area contributed by atoms with Crippen LogP contribution in [-0.2, 0) is 6.42 Å².